The summed E-state index contributed by atoms with van der Waals surface area (Å²) in [6, 6.07) is 0. The minimum Gasteiger partial charge on any atom is -0.481 e. The molecular formula is C8H12O5. The number of aliphatic hydroxyl groups is 1. The fourth-order valence-corrected chi connectivity index (χ4v) is 1.16. The van der Waals surface area contributed by atoms with E-state index < -0.39 is 5.97 Å². The Balaban J connectivity index is 0.000000184. The second-order valence-corrected chi connectivity index (χ2v) is 2.79. The van der Waals surface area contributed by atoms with Crippen LogP contribution in [0.3, 0.4) is 0 Å². The molecule has 0 amide bonds. The monoisotopic (exact) mass is 188 g/mol. The van der Waals surface area contributed by atoms with Gasteiger partial charge in [-0.2, -0.15) is 0 Å². The van der Waals surface area contributed by atoms with Crippen molar-refractivity contribution < 1.29 is 24.5 Å². The molecule has 0 saturated carbocycles. The number of carboxylic acid groups (broad SMARTS) is 1. The highest BCUT2D eigenvalue weighted by molar-refractivity contribution is 5.62. The van der Waals surface area contributed by atoms with Crippen molar-refractivity contribution >= 4 is 5.97 Å². The summed E-state index contributed by atoms with van der Waals surface area (Å²) in [6.07, 6.45) is 3.44. The SMILES string of the molecule is CC(=O)O.OCC1OC2OC=CC12. The first-order chi connectivity index (χ1) is 6.15. The van der Waals surface area contributed by atoms with E-state index >= 15 is 0 Å². The van der Waals surface area contributed by atoms with Gasteiger partial charge in [-0.05, 0) is 6.08 Å². The van der Waals surface area contributed by atoms with Crippen molar-refractivity contribution in [1.29, 1.82) is 0 Å². The second kappa shape index (κ2) is 4.25. The van der Waals surface area contributed by atoms with Crippen LogP contribution < -0.4 is 0 Å². The molecule has 0 aromatic heterocycles. The van der Waals surface area contributed by atoms with Crippen molar-refractivity contribution in [3.05, 3.63) is 12.3 Å². The molecule has 5 heteroatoms. The molecule has 2 heterocycles. The maximum Gasteiger partial charge on any atom is 0.300 e. The smallest absolute Gasteiger partial charge is 0.300 e. The van der Waals surface area contributed by atoms with E-state index in [9.17, 15) is 0 Å². The van der Waals surface area contributed by atoms with Gasteiger partial charge in [-0.25, -0.2) is 0 Å². The second-order valence-electron chi connectivity index (χ2n) is 2.79. The predicted molar refractivity (Wildman–Crippen MR) is 42.8 cm³/mol. The average molecular weight is 188 g/mol. The number of carboxylic acids is 1. The largest absolute Gasteiger partial charge is 0.481 e. The molecule has 0 radical (unpaired) electrons. The summed E-state index contributed by atoms with van der Waals surface area (Å²) in [5.74, 6) is -0.532. The van der Waals surface area contributed by atoms with Gasteiger partial charge in [0.25, 0.3) is 5.97 Å². The van der Waals surface area contributed by atoms with Gasteiger partial charge >= 0.3 is 0 Å². The number of fused-ring (bicyclic) bond motifs is 1. The molecule has 2 aliphatic rings. The zero-order chi connectivity index (χ0) is 9.84. The number of ether oxygens (including phenoxy) is 2. The molecule has 1 fully saturated rings. The van der Waals surface area contributed by atoms with E-state index in [1.54, 1.807) is 6.26 Å². The number of hydrogen-bond acceptors (Lipinski definition) is 4. The van der Waals surface area contributed by atoms with E-state index in [-0.39, 0.29) is 19.0 Å². The molecule has 0 aliphatic carbocycles. The molecule has 2 N–H and O–H groups in total. The van der Waals surface area contributed by atoms with Crippen LogP contribution in [0.15, 0.2) is 12.3 Å². The molecule has 3 atom stereocenters. The van der Waals surface area contributed by atoms with Crippen LogP contribution in [0, 0.1) is 5.92 Å². The van der Waals surface area contributed by atoms with E-state index in [4.69, 9.17) is 24.5 Å². The lowest BCUT2D eigenvalue weighted by Crippen LogP contribution is -2.48. The third-order valence-electron chi connectivity index (χ3n) is 1.75. The van der Waals surface area contributed by atoms with Crippen LogP contribution in [0.4, 0.5) is 0 Å². The molecule has 2 rings (SSSR count). The van der Waals surface area contributed by atoms with E-state index in [1.807, 2.05) is 6.08 Å². The van der Waals surface area contributed by atoms with Crippen molar-refractivity contribution in [3.8, 4) is 0 Å². The highest BCUT2D eigenvalue weighted by Gasteiger charge is 2.44. The van der Waals surface area contributed by atoms with E-state index in [0.717, 1.165) is 6.92 Å². The van der Waals surface area contributed by atoms with E-state index in [1.165, 1.54) is 0 Å². The van der Waals surface area contributed by atoms with Crippen LogP contribution in [0.2, 0.25) is 0 Å². The summed E-state index contributed by atoms with van der Waals surface area (Å²) in [7, 11) is 0. The normalized spacial score (nSPS) is 33.5. The highest BCUT2D eigenvalue weighted by atomic mass is 16.7. The van der Waals surface area contributed by atoms with Crippen LogP contribution in [-0.2, 0) is 14.3 Å². The number of aliphatic carboxylic acids is 1. The van der Waals surface area contributed by atoms with Crippen molar-refractivity contribution in [2.75, 3.05) is 6.61 Å². The highest BCUT2D eigenvalue weighted by Crippen LogP contribution is 2.34. The Morgan fingerprint density at radius 1 is 1.62 bits per heavy atom. The molecule has 2 aliphatic heterocycles. The van der Waals surface area contributed by atoms with Gasteiger partial charge in [0.05, 0.1) is 24.9 Å². The van der Waals surface area contributed by atoms with Crippen molar-refractivity contribution in [2.24, 2.45) is 5.92 Å². The molecule has 0 aromatic carbocycles. The van der Waals surface area contributed by atoms with Gasteiger partial charge in [0, 0.05) is 6.92 Å². The summed E-state index contributed by atoms with van der Waals surface area (Å²) in [5, 5.41) is 16.0. The Hall–Kier alpha value is -1.07. The molecule has 5 nitrogen and oxygen atoms in total. The third kappa shape index (κ3) is 2.43. The maximum atomic E-state index is 9.00. The van der Waals surface area contributed by atoms with Crippen molar-refractivity contribution in [1.82, 2.24) is 0 Å². The quantitative estimate of drug-likeness (QED) is 0.603. The Kier molecular flexibility index (Phi) is 3.27. The number of carbonyl (C=O) groups is 1. The van der Waals surface area contributed by atoms with Gasteiger partial charge in [0.2, 0.25) is 6.29 Å². The zero-order valence-electron chi connectivity index (χ0n) is 7.21. The minimum atomic E-state index is -0.833. The van der Waals surface area contributed by atoms with Crippen molar-refractivity contribution in [3.63, 3.8) is 0 Å². The average Bonchev–Trinajstić information content (AvgIpc) is 2.32. The van der Waals surface area contributed by atoms with Gasteiger partial charge in [0.15, 0.2) is 0 Å². The first kappa shape index (κ1) is 10.0. The van der Waals surface area contributed by atoms with Crippen LogP contribution >= 0.6 is 0 Å². The molecule has 1 saturated heterocycles. The van der Waals surface area contributed by atoms with Crippen LogP contribution in [0.25, 0.3) is 0 Å². The standard InChI is InChI=1S/C6H8O3.C2H4O2/c7-3-5-4-1-2-8-6(4)9-5;1-2(3)4/h1-2,4-7H,3H2;1H3,(H,3,4). The number of rotatable bonds is 1. The Morgan fingerprint density at radius 3 is 2.69 bits per heavy atom. The van der Waals surface area contributed by atoms with Crippen LogP contribution in [0.5, 0.6) is 0 Å². The molecule has 3 unspecified atom stereocenters. The van der Waals surface area contributed by atoms with E-state index in [2.05, 4.69) is 0 Å². The summed E-state index contributed by atoms with van der Waals surface area (Å²) in [4.78, 5) is 9.00. The summed E-state index contributed by atoms with van der Waals surface area (Å²) in [5.41, 5.74) is 0. The summed E-state index contributed by atoms with van der Waals surface area (Å²) < 4.78 is 10.0. The lowest BCUT2D eigenvalue weighted by molar-refractivity contribution is -0.262. The molecular weight excluding hydrogens is 176 g/mol. The molecule has 0 aromatic rings. The summed E-state index contributed by atoms with van der Waals surface area (Å²) >= 11 is 0. The fourth-order valence-electron chi connectivity index (χ4n) is 1.16. The molecule has 0 spiro atoms. The topological polar surface area (TPSA) is 76.0 Å². The first-order valence-electron chi connectivity index (χ1n) is 3.93. The Bertz CT molecular complexity index is 209. The summed E-state index contributed by atoms with van der Waals surface area (Å²) in [6.45, 7) is 1.18. The molecule has 13 heavy (non-hydrogen) atoms. The van der Waals surface area contributed by atoms with E-state index in [0.29, 0.717) is 5.92 Å². The number of hydrogen-bond donors (Lipinski definition) is 2. The first-order valence-corrected chi connectivity index (χ1v) is 3.93. The van der Waals surface area contributed by atoms with Gasteiger partial charge < -0.3 is 19.7 Å². The molecule has 74 valence electrons. The van der Waals surface area contributed by atoms with Gasteiger partial charge in [-0.3, -0.25) is 4.79 Å². The molecule has 0 bridgehead atoms. The maximum absolute atomic E-state index is 9.00. The van der Waals surface area contributed by atoms with Gasteiger partial charge in [-0.15, -0.1) is 0 Å². The van der Waals surface area contributed by atoms with Crippen LogP contribution in [-0.4, -0.2) is 35.2 Å². The van der Waals surface area contributed by atoms with Gasteiger partial charge in [-0.1, -0.05) is 0 Å². The lowest BCUT2D eigenvalue weighted by Gasteiger charge is -2.37. The fraction of sp³-hybridized carbons (Fsp3) is 0.625. The lowest BCUT2D eigenvalue weighted by atomic mass is 9.98. The zero-order valence-corrected chi connectivity index (χ0v) is 7.21. The van der Waals surface area contributed by atoms with Crippen LogP contribution in [0.1, 0.15) is 6.92 Å². The Morgan fingerprint density at radius 2 is 2.23 bits per heavy atom. The van der Waals surface area contributed by atoms with Crippen molar-refractivity contribution in [2.45, 2.75) is 19.3 Å². The Labute approximate surface area is 75.6 Å². The third-order valence-corrected chi connectivity index (χ3v) is 1.75. The number of aliphatic hydroxyl groups excluding tert-OH is 1. The minimum absolute atomic E-state index is 0.0197. The predicted octanol–water partition coefficient (Wildman–Crippen LogP) is -0.0454. The van der Waals surface area contributed by atoms with Gasteiger partial charge in [0.1, 0.15) is 0 Å².